The van der Waals surface area contributed by atoms with E-state index in [1.54, 1.807) is 21.3 Å². The van der Waals surface area contributed by atoms with Crippen molar-refractivity contribution in [3.63, 3.8) is 0 Å². The van der Waals surface area contributed by atoms with Crippen LogP contribution in [0.3, 0.4) is 0 Å². The van der Waals surface area contributed by atoms with Crippen molar-refractivity contribution in [1.82, 2.24) is 19.4 Å². The number of hydrogen-bond acceptors (Lipinski definition) is 4. The molecule has 0 saturated carbocycles. The first-order chi connectivity index (χ1) is 15.5. The Bertz CT molecular complexity index is 1210. The van der Waals surface area contributed by atoms with Crippen molar-refractivity contribution in [3.05, 3.63) is 58.0 Å². The van der Waals surface area contributed by atoms with Gasteiger partial charge in [-0.3, -0.25) is 18.7 Å². The lowest BCUT2D eigenvalue weighted by Gasteiger charge is -2.26. The van der Waals surface area contributed by atoms with Crippen LogP contribution in [0, 0.1) is 0 Å². The standard InChI is InChI=1S/C24H29N5O3/c1-3-28-19-12-13-20(27-23(19)29(4-2)24(28)32)26-22(31)15-14-21(30)25-18-11-7-9-16-8-5-6-10-17(16)18/h5-6,8,10,12-13,18H,3-4,7,9,11,14-15H2,1-2H3,(H,25,30)(H,26,27,31). The van der Waals surface area contributed by atoms with Crippen LogP contribution in [0.15, 0.2) is 41.2 Å². The van der Waals surface area contributed by atoms with Crippen LogP contribution in [0.2, 0.25) is 0 Å². The Labute approximate surface area is 186 Å². The number of anilines is 1. The lowest BCUT2D eigenvalue weighted by atomic mass is 9.87. The maximum absolute atomic E-state index is 12.5. The first-order valence-corrected chi connectivity index (χ1v) is 11.3. The number of imidazole rings is 1. The molecule has 1 unspecified atom stereocenters. The smallest absolute Gasteiger partial charge is 0.330 e. The highest BCUT2D eigenvalue weighted by molar-refractivity contribution is 5.93. The van der Waals surface area contributed by atoms with Gasteiger partial charge >= 0.3 is 5.69 Å². The van der Waals surface area contributed by atoms with Gasteiger partial charge in [0.1, 0.15) is 5.82 Å². The Morgan fingerprint density at radius 1 is 1.03 bits per heavy atom. The molecule has 2 N–H and O–H groups in total. The molecular formula is C24H29N5O3. The lowest BCUT2D eigenvalue weighted by Crippen LogP contribution is -2.31. The lowest BCUT2D eigenvalue weighted by molar-refractivity contribution is -0.125. The van der Waals surface area contributed by atoms with Crippen LogP contribution in [-0.4, -0.2) is 25.9 Å². The first-order valence-electron chi connectivity index (χ1n) is 11.3. The normalized spacial score (nSPS) is 15.4. The third-order valence-corrected chi connectivity index (χ3v) is 6.05. The van der Waals surface area contributed by atoms with Crippen LogP contribution in [-0.2, 0) is 29.1 Å². The number of rotatable bonds is 7. The topological polar surface area (TPSA) is 98.0 Å². The Balaban J connectivity index is 1.37. The predicted octanol–water partition coefficient (Wildman–Crippen LogP) is 3.15. The monoisotopic (exact) mass is 435 g/mol. The number of nitrogens with zero attached hydrogens (tertiary/aromatic N) is 3. The molecule has 8 nitrogen and oxygen atoms in total. The summed E-state index contributed by atoms with van der Waals surface area (Å²) in [6, 6.07) is 11.7. The molecule has 1 aliphatic rings. The van der Waals surface area contributed by atoms with Crippen molar-refractivity contribution < 1.29 is 9.59 Å². The molecule has 1 aliphatic carbocycles. The number of aryl methyl sites for hydroxylation is 3. The van der Waals surface area contributed by atoms with E-state index >= 15 is 0 Å². The van der Waals surface area contributed by atoms with Crippen molar-refractivity contribution in [1.29, 1.82) is 0 Å². The van der Waals surface area contributed by atoms with E-state index in [0.717, 1.165) is 24.8 Å². The molecule has 0 radical (unpaired) electrons. The number of amides is 2. The minimum absolute atomic E-state index is 0.00737. The van der Waals surface area contributed by atoms with E-state index in [2.05, 4.69) is 27.8 Å². The molecule has 0 saturated heterocycles. The van der Waals surface area contributed by atoms with E-state index in [-0.39, 0.29) is 36.4 Å². The minimum Gasteiger partial charge on any atom is -0.349 e. The van der Waals surface area contributed by atoms with Crippen LogP contribution in [0.1, 0.15) is 56.7 Å². The zero-order valence-electron chi connectivity index (χ0n) is 18.6. The summed E-state index contributed by atoms with van der Waals surface area (Å²) in [4.78, 5) is 41.8. The Morgan fingerprint density at radius 3 is 2.56 bits per heavy atom. The average molecular weight is 436 g/mol. The van der Waals surface area contributed by atoms with Crippen molar-refractivity contribution in [2.75, 3.05) is 5.32 Å². The first kappa shape index (κ1) is 21.8. The number of aromatic nitrogens is 3. The molecule has 0 spiro atoms. The van der Waals surface area contributed by atoms with E-state index < -0.39 is 0 Å². The summed E-state index contributed by atoms with van der Waals surface area (Å²) in [5, 5.41) is 5.83. The van der Waals surface area contributed by atoms with E-state index in [4.69, 9.17) is 0 Å². The van der Waals surface area contributed by atoms with Crippen molar-refractivity contribution in [2.24, 2.45) is 0 Å². The van der Waals surface area contributed by atoms with Gasteiger partial charge in [0.15, 0.2) is 5.65 Å². The number of hydrogen-bond donors (Lipinski definition) is 2. The van der Waals surface area contributed by atoms with Gasteiger partial charge in [-0.1, -0.05) is 24.3 Å². The van der Waals surface area contributed by atoms with Crippen LogP contribution in [0.4, 0.5) is 5.82 Å². The van der Waals surface area contributed by atoms with Gasteiger partial charge in [-0.2, -0.15) is 0 Å². The number of pyridine rings is 1. The molecule has 2 aromatic heterocycles. The number of nitrogens with one attached hydrogen (secondary N) is 2. The summed E-state index contributed by atoms with van der Waals surface area (Å²) >= 11 is 0. The molecule has 1 aromatic carbocycles. The molecule has 32 heavy (non-hydrogen) atoms. The fraction of sp³-hybridized carbons (Fsp3) is 0.417. The van der Waals surface area contributed by atoms with Gasteiger partial charge in [-0.05, 0) is 56.4 Å². The average Bonchev–Trinajstić information content (AvgIpc) is 3.07. The van der Waals surface area contributed by atoms with Crippen molar-refractivity contribution in [2.45, 2.75) is 65.1 Å². The summed E-state index contributed by atoms with van der Waals surface area (Å²) in [5.41, 5.74) is 3.64. The van der Waals surface area contributed by atoms with Gasteiger partial charge in [0.2, 0.25) is 11.8 Å². The van der Waals surface area contributed by atoms with Crippen LogP contribution < -0.4 is 16.3 Å². The summed E-state index contributed by atoms with van der Waals surface area (Å²) in [6.45, 7) is 4.85. The number of fused-ring (bicyclic) bond motifs is 2. The molecule has 0 aliphatic heterocycles. The summed E-state index contributed by atoms with van der Waals surface area (Å²) in [6.07, 6.45) is 3.17. The summed E-state index contributed by atoms with van der Waals surface area (Å²) in [5.74, 6) is -0.0407. The maximum Gasteiger partial charge on any atom is 0.330 e. The quantitative estimate of drug-likeness (QED) is 0.596. The van der Waals surface area contributed by atoms with Gasteiger partial charge in [0.25, 0.3) is 0 Å². The number of carbonyl (C=O) groups is 2. The molecule has 4 rings (SSSR count). The van der Waals surface area contributed by atoms with Gasteiger partial charge in [-0.25, -0.2) is 9.78 Å². The van der Waals surface area contributed by atoms with Crippen molar-refractivity contribution >= 4 is 28.8 Å². The zero-order valence-corrected chi connectivity index (χ0v) is 18.6. The molecule has 2 heterocycles. The molecule has 8 heteroatoms. The van der Waals surface area contributed by atoms with Gasteiger partial charge in [0, 0.05) is 25.9 Å². The van der Waals surface area contributed by atoms with Crippen LogP contribution in [0.25, 0.3) is 11.2 Å². The second kappa shape index (κ2) is 9.38. The second-order valence-electron chi connectivity index (χ2n) is 8.07. The van der Waals surface area contributed by atoms with E-state index in [0.29, 0.717) is 24.6 Å². The van der Waals surface area contributed by atoms with Gasteiger partial charge < -0.3 is 10.6 Å². The Hall–Kier alpha value is -3.42. The fourth-order valence-electron chi connectivity index (χ4n) is 4.45. The van der Waals surface area contributed by atoms with E-state index in [1.165, 1.54) is 11.1 Å². The predicted molar refractivity (Wildman–Crippen MR) is 123 cm³/mol. The summed E-state index contributed by atoms with van der Waals surface area (Å²) < 4.78 is 3.25. The third-order valence-electron chi connectivity index (χ3n) is 6.05. The zero-order chi connectivity index (χ0) is 22.7. The highest BCUT2D eigenvalue weighted by Crippen LogP contribution is 2.29. The molecule has 2 amide bonds. The van der Waals surface area contributed by atoms with Crippen molar-refractivity contribution in [3.8, 4) is 0 Å². The van der Waals surface area contributed by atoms with Crippen LogP contribution >= 0.6 is 0 Å². The molecular weight excluding hydrogens is 406 g/mol. The molecule has 1 atom stereocenters. The Morgan fingerprint density at radius 2 is 1.78 bits per heavy atom. The van der Waals surface area contributed by atoms with Gasteiger partial charge in [0.05, 0.1) is 11.6 Å². The highest BCUT2D eigenvalue weighted by Gasteiger charge is 2.21. The third kappa shape index (κ3) is 4.30. The SMILES string of the molecule is CCn1c(=O)n(CC)c2nc(NC(=O)CCC(=O)NC3CCCc4ccccc43)ccc21. The Kier molecular flexibility index (Phi) is 6.39. The second-order valence-corrected chi connectivity index (χ2v) is 8.07. The van der Waals surface area contributed by atoms with E-state index in [9.17, 15) is 14.4 Å². The minimum atomic E-state index is -0.281. The molecule has 0 fully saturated rings. The molecule has 0 bridgehead atoms. The fourth-order valence-corrected chi connectivity index (χ4v) is 4.45. The van der Waals surface area contributed by atoms with Crippen LogP contribution in [0.5, 0.6) is 0 Å². The number of benzene rings is 1. The van der Waals surface area contributed by atoms with E-state index in [1.807, 2.05) is 26.0 Å². The summed E-state index contributed by atoms with van der Waals surface area (Å²) in [7, 11) is 0. The largest absolute Gasteiger partial charge is 0.349 e. The maximum atomic E-state index is 12.5. The molecule has 3 aromatic rings. The highest BCUT2D eigenvalue weighted by atomic mass is 16.2. The molecule has 168 valence electrons. The van der Waals surface area contributed by atoms with Gasteiger partial charge in [-0.15, -0.1) is 0 Å². The number of carbonyl (C=O) groups excluding carboxylic acids is 2.